The van der Waals surface area contributed by atoms with Crippen molar-refractivity contribution in [2.24, 2.45) is 0 Å². The molecular formula is C4H12O7Ti. The standard InChI is InChI=1S/3CH4O2.CH3O.Ti/c3*1-3-2;1-2;/h3*2H,1H3;1H3;/q;;;-1;+4/p-3. The summed E-state index contributed by atoms with van der Waals surface area (Å²) in [6.45, 7) is 0. The number of rotatable bonds is 7. The Bertz CT molecular complexity index is 92.6. The molecule has 0 spiro atoms. The number of hydrogen-bond acceptors (Lipinski definition) is 7. The first-order valence-corrected chi connectivity index (χ1v) is 5.50. The Morgan fingerprint density at radius 1 is 0.667 bits per heavy atom. The first kappa shape index (κ1) is 12.4. The van der Waals surface area contributed by atoms with Crippen molar-refractivity contribution < 1.29 is 46.5 Å². The normalized spacial score (nSPS) is 12.0. The summed E-state index contributed by atoms with van der Waals surface area (Å²) < 4.78 is 18.7. The van der Waals surface area contributed by atoms with Crippen molar-refractivity contribution in [1.82, 2.24) is 0 Å². The molecule has 12 heavy (non-hydrogen) atoms. The van der Waals surface area contributed by atoms with Crippen LogP contribution in [0.4, 0.5) is 0 Å². The van der Waals surface area contributed by atoms with Crippen LogP contribution in [-0.4, -0.2) is 28.4 Å². The SMILES string of the molecule is CO[O][Ti]([O]C)([O]OC)[O]OC. The van der Waals surface area contributed by atoms with Gasteiger partial charge in [-0.25, -0.2) is 0 Å². The van der Waals surface area contributed by atoms with E-state index in [1.54, 1.807) is 0 Å². The molecule has 0 N–H and O–H groups in total. The summed E-state index contributed by atoms with van der Waals surface area (Å²) in [5.74, 6) is 0. The zero-order valence-corrected chi connectivity index (χ0v) is 8.92. The fraction of sp³-hybridized carbons (Fsp3) is 1.00. The molecule has 0 rings (SSSR count). The van der Waals surface area contributed by atoms with Gasteiger partial charge in [-0.05, 0) is 0 Å². The summed E-state index contributed by atoms with van der Waals surface area (Å²) in [4.78, 5) is 13.1. The molecule has 74 valence electrons. The second-order valence-electron chi connectivity index (χ2n) is 1.45. The molecule has 0 aromatic carbocycles. The zero-order chi connectivity index (χ0) is 9.45. The summed E-state index contributed by atoms with van der Waals surface area (Å²) in [7, 11) is 5.20. The van der Waals surface area contributed by atoms with Gasteiger partial charge in [-0.1, -0.05) is 0 Å². The van der Waals surface area contributed by atoms with Crippen molar-refractivity contribution >= 4 is 0 Å². The van der Waals surface area contributed by atoms with Gasteiger partial charge in [0.25, 0.3) is 0 Å². The van der Waals surface area contributed by atoms with Crippen molar-refractivity contribution in [3.8, 4) is 0 Å². The van der Waals surface area contributed by atoms with Crippen molar-refractivity contribution in [3.63, 3.8) is 0 Å². The van der Waals surface area contributed by atoms with E-state index in [2.05, 4.69) is 25.1 Å². The Morgan fingerprint density at radius 2 is 1.00 bits per heavy atom. The predicted octanol–water partition coefficient (Wildman–Crippen LogP) is 0.181. The Morgan fingerprint density at radius 3 is 1.17 bits per heavy atom. The Balaban J connectivity index is 4.06. The van der Waals surface area contributed by atoms with Gasteiger partial charge in [-0.3, -0.25) is 0 Å². The molecule has 0 heterocycles. The molecule has 0 aliphatic rings. The van der Waals surface area contributed by atoms with E-state index in [0.29, 0.717) is 0 Å². The van der Waals surface area contributed by atoms with Crippen LogP contribution in [0.2, 0.25) is 0 Å². The average molecular weight is 220 g/mol. The van der Waals surface area contributed by atoms with E-state index in [1.165, 1.54) is 28.4 Å². The molecule has 8 heteroatoms. The third kappa shape index (κ3) is 3.90. The van der Waals surface area contributed by atoms with E-state index in [0.717, 1.165) is 0 Å². The van der Waals surface area contributed by atoms with Gasteiger partial charge in [0.1, 0.15) is 0 Å². The van der Waals surface area contributed by atoms with Gasteiger partial charge in [-0.2, -0.15) is 0 Å². The van der Waals surface area contributed by atoms with E-state index >= 15 is 0 Å². The van der Waals surface area contributed by atoms with E-state index < -0.39 is 18.1 Å². The first-order valence-electron chi connectivity index (χ1n) is 2.95. The molecule has 0 unspecified atom stereocenters. The Kier molecular flexibility index (Phi) is 7.15. The molecule has 0 fully saturated rings. The molecule has 0 radical (unpaired) electrons. The van der Waals surface area contributed by atoms with E-state index in [-0.39, 0.29) is 0 Å². The molecule has 0 atom stereocenters. The molecule has 0 aliphatic carbocycles. The van der Waals surface area contributed by atoms with Crippen LogP contribution in [0.3, 0.4) is 0 Å². The van der Waals surface area contributed by atoms with Gasteiger partial charge < -0.3 is 0 Å². The maximum absolute atomic E-state index is 4.80. The van der Waals surface area contributed by atoms with Crippen LogP contribution in [0.5, 0.6) is 0 Å². The van der Waals surface area contributed by atoms with Crippen LogP contribution in [0, 0.1) is 0 Å². The van der Waals surface area contributed by atoms with Gasteiger partial charge in [0.05, 0.1) is 0 Å². The van der Waals surface area contributed by atoms with Crippen LogP contribution in [0.25, 0.3) is 0 Å². The molecule has 0 saturated carbocycles. The van der Waals surface area contributed by atoms with E-state index in [1.807, 2.05) is 0 Å². The van der Waals surface area contributed by atoms with Gasteiger partial charge in [0.2, 0.25) is 0 Å². The zero-order valence-electron chi connectivity index (χ0n) is 7.36. The maximum atomic E-state index is 4.80. The van der Waals surface area contributed by atoms with Gasteiger partial charge >= 0.3 is 75.0 Å². The summed E-state index contributed by atoms with van der Waals surface area (Å²) in [6, 6.07) is 0. The quantitative estimate of drug-likeness (QED) is 0.344. The van der Waals surface area contributed by atoms with Gasteiger partial charge in [-0.15, -0.1) is 0 Å². The van der Waals surface area contributed by atoms with Crippen molar-refractivity contribution in [3.05, 3.63) is 0 Å². The van der Waals surface area contributed by atoms with Crippen molar-refractivity contribution in [1.29, 1.82) is 0 Å². The van der Waals surface area contributed by atoms with Gasteiger partial charge in [0.15, 0.2) is 0 Å². The average Bonchev–Trinajstić information content (AvgIpc) is 2.06. The van der Waals surface area contributed by atoms with Crippen LogP contribution >= 0.6 is 0 Å². The molecule has 0 aromatic rings. The molecule has 0 amide bonds. The third-order valence-corrected chi connectivity index (χ3v) is 3.32. The fourth-order valence-corrected chi connectivity index (χ4v) is 1.86. The molecule has 7 nitrogen and oxygen atoms in total. The fourth-order valence-electron chi connectivity index (χ4n) is 0.450. The molecule has 0 saturated heterocycles. The summed E-state index contributed by atoms with van der Waals surface area (Å²) in [5.41, 5.74) is 0. The monoisotopic (exact) mass is 220 g/mol. The van der Waals surface area contributed by atoms with E-state index in [9.17, 15) is 0 Å². The number of hydrogen-bond donors (Lipinski definition) is 0. The second kappa shape index (κ2) is 6.90. The predicted molar refractivity (Wildman–Crippen MR) is 31.3 cm³/mol. The Labute approximate surface area is 75.4 Å². The molecule has 0 bridgehead atoms. The molecule has 0 aliphatic heterocycles. The third-order valence-electron chi connectivity index (χ3n) is 0.806. The van der Waals surface area contributed by atoms with Crippen LogP contribution in [0.15, 0.2) is 0 Å². The molecular weight excluding hydrogens is 208 g/mol. The van der Waals surface area contributed by atoms with Gasteiger partial charge in [0, 0.05) is 0 Å². The van der Waals surface area contributed by atoms with Crippen LogP contribution in [0.1, 0.15) is 0 Å². The van der Waals surface area contributed by atoms with Crippen LogP contribution < -0.4 is 0 Å². The minimum absolute atomic E-state index is 1.29. The first-order chi connectivity index (χ1) is 5.74. The van der Waals surface area contributed by atoms with Crippen LogP contribution in [-0.2, 0) is 46.5 Å². The van der Waals surface area contributed by atoms with Crippen molar-refractivity contribution in [2.45, 2.75) is 0 Å². The summed E-state index contributed by atoms with van der Waals surface area (Å²) in [6.07, 6.45) is 0. The Hall–Kier alpha value is 0.434. The van der Waals surface area contributed by atoms with E-state index in [4.69, 9.17) is 3.32 Å². The topological polar surface area (TPSA) is 64.6 Å². The summed E-state index contributed by atoms with van der Waals surface area (Å²) >= 11 is -3.95. The molecule has 0 aromatic heterocycles. The van der Waals surface area contributed by atoms with Crippen molar-refractivity contribution in [2.75, 3.05) is 28.4 Å². The summed E-state index contributed by atoms with van der Waals surface area (Å²) in [5, 5.41) is 0. The second-order valence-corrected chi connectivity index (χ2v) is 4.43. The minimum atomic E-state index is -3.95.